The average Bonchev–Trinajstić information content (AvgIpc) is 3.51. The molecule has 6 heterocycles. The minimum Gasteiger partial charge on any atom is -0.396 e. The maximum Gasteiger partial charge on any atom is 2.00 e. The van der Waals surface area contributed by atoms with Gasteiger partial charge in [-0.15, -0.1) is 0 Å². The van der Waals surface area contributed by atoms with Crippen LogP contribution in [0.5, 0.6) is 0 Å². The van der Waals surface area contributed by atoms with Crippen molar-refractivity contribution in [3.8, 4) is 11.6 Å². The summed E-state index contributed by atoms with van der Waals surface area (Å²) in [6.07, 6.45) is 9.04. The fourth-order valence-corrected chi connectivity index (χ4v) is 4.03. The number of aryl methyl sites for hydroxylation is 2. The third kappa shape index (κ3) is 3.78. The van der Waals surface area contributed by atoms with Crippen molar-refractivity contribution in [3.63, 3.8) is 0 Å². The van der Waals surface area contributed by atoms with Crippen molar-refractivity contribution in [2.75, 3.05) is 0 Å². The van der Waals surface area contributed by atoms with Crippen LogP contribution < -0.4 is 0 Å². The first-order valence-electron chi connectivity index (χ1n) is 11.0. The fraction of sp³-hybridized carbons (Fsp3) is 0.200. The number of imidazole rings is 2. The SMILES string of the molecule is Cc1ncnc2c1n[c-]n2-c1cccc(C(C)(C)c2cccc(-n3[c-]nc4c(C)ncnc43)n2)n1.[Pt+2]. The van der Waals surface area contributed by atoms with E-state index in [1.165, 1.54) is 12.7 Å². The molecule has 0 fully saturated rings. The molecule has 0 N–H and O–H groups in total. The summed E-state index contributed by atoms with van der Waals surface area (Å²) >= 11 is 0. The summed E-state index contributed by atoms with van der Waals surface area (Å²) in [6, 6.07) is 11.7. The number of hydrogen-bond acceptors (Lipinski definition) is 8. The Hall–Kier alpha value is -3.91. The first-order chi connectivity index (χ1) is 16.9. The van der Waals surface area contributed by atoms with Crippen LogP contribution in [0.4, 0.5) is 0 Å². The monoisotopic (exact) mass is 655 g/mol. The molecule has 0 radical (unpaired) electrons. The van der Waals surface area contributed by atoms with Gasteiger partial charge in [-0.05, 0) is 39.8 Å². The first-order valence-corrected chi connectivity index (χ1v) is 11.0. The summed E-state index contributed by atoms with van der Waals surface area (Å²) in [5, 5.41) is 0. The van der Waals surface area contributed by atoms with E-state index in [0.29, 0.717) is 34.0 Å². The van der Waals surface area contributed by atoms with Gasteiger partial charge in [0.25, 0.3) is 0 Å². The Morgan fingerprint density at radius 3 is 1.56 bits per heavy atom. The third-order valence-electron chi connectivity index (χ3n) is 6.13. The van der Waals surface area contributed by atoms with E-state index in [-0.39, 0.29) is 21.1 Å². The van der Waals surface area contributed by atoms with Crippen LogP contribution in [-0.4, -0.2) is 49.0 Å². The molecule has 0 bridgehead atoms. The number of aromatic nitrogens is 10. The van der Waals surface area contributed by atoms with E-state index in [1.807, 2.05) is 50.2 Å². The molecular weight excluding hydrogens is 635 g/mol. The zero-order valence-corrected chi connectivity index (χ0v) is 22.2. The molecule has 0 aromatic carbocycles. The van der Waals surface area contributed by atoms with E-state index in [4.69, 9.17) is 9.97 Å². The standard InChI is InChI=1S/C25H20N10.Pt/c1-15-21-23(28-11-26-15)34(13-30-21)19-9-5-7-17(32-19)25(3,4)18-8-6-10-20(33-18)35-14-31-22-16(2)27-12-29-24(22)35;/h5-12H,1-4H3;/q-2;+2. The van der Waals surface area contributed by atoms with Gasteiger partial charge in [-0.1, -0.05) is 24.3 Å². The van der Waals surface area contributed by atoms with Crippen LogP contribution in [0.15, 0.2) is 49.1 Å². The zero-order chi connectivity index (χ0) is 24.2. The molecule has 0 spiro atoms. The molecular formula is C25H20N10Pt. The van der Waals surface area contributed by atoms with E-state index in [9.17, 15) is 0 Å². The third-order valence-corrected chi connectivity index (χ3v) is 6.13. The van der Waals surface area contributed by atoms with Gasteiger partial charge < -0.3 is 19.1 Å². The Morgan fingerprint density at radius 2 is 1.11 bits per heavy atom. The minimum atomic E-state index is -0.505. The van der Waals surface area contributed by atoms with Crippen LogP contribution >= 0.6 is 0 Å². The van der Waals surface area contributed by atoms with Gasteiger partial charge in [0.15, 0.2) is 0 Å². The normalized spacial score (nSPS) is 11.7. The topological polar surface area (TPSA) is 113 Å². The van der Waals surface area contributed by atoms with Gasteiger partial charge in [0.1, 0.15) is 12.7 Å². The van der Waals surface area contributed by atoms with Crippen molar-refractivity contribution < 1.29 is 21.1 Å². The molecule has 0 saturated carbocycles. The predicted molar refractivity (Wildman–Crippen MR) is 128 cm³/mol. The van der Waals surface area contributed by atoms with Crippen LogP contribution in [-0.2, 0) is 26.5 Å². The predicted octanol–water partition coefficient (Wildman–Crippen LogP) is 3.28. The number of rotatable bonds is 4. The molecule has 0 aliphatic carbocycles. The molecule has 6 aromatic heterocycles. The summed E-state index contributed by atoms with van der Waals surface area (Å²) in [5.74, 6) is 1.35. The molecule has 0 aliphatic heterocycles. The summed E-state index contributed by atoms with van der Waals surface area (Å²) in [7, 11) is 0. The molecule has 0 unspecified atom stereocenters. The Labute approximate surface area is 221 Å². The Morgan fingerprint density at radius 1 is 0.667 bits per heavy atom. The Bertz CT molecular complexity index is 1590. The van der Waals surface area contributed by atoms with E-state index >= 15 is 0 Å². The molecule has 0 atom stereocenters. The molecule has 11 heteroatoms. The number of hydrogen-bond donors (Lipinski definition) is 0. The van der Waals surface area contributed by atoms with Crippen molar-refractivity contribution in [3.05, 3.63) is 84.5 Å². The van der Waals surface area contributed by atoms with Crippen molar-refractivity contribution in [1.82, 2.24) is 49.0 Å². The first kappa shape index (κ1) is 23.8. The van der Waals surface area contributed by atoms with Crippen LogP contribution in [0, 0.1) is 26.5 Å². The molecule has 0 aliphatic rings. The molecule has 0 amide bonds. The van der Waals surface area contributed by atoms with Gasteiger partial charge in [0.05, 0.1) is 11.6 Å². The average molecular weight is 656 g/mol. The van der Waals surface area contributed by atoms with Crippen LogP contribution in [0.1, 0.15) is 36.6 Å². The molecule has 0 saturated heterocycles. The molecule has 36 heavy (non-hydrogen) atoms. The van der Waals surface area contributed by atoms with Crippen molar-refractivity contribution in [2.45, 2.75) is 33.1 Å². The summed E-state index contributed by atoms with van der Waals surface area (Å²) in [6.45, 7) is 7.98. The minimum absolute atomic E-state index is 0. The zero-order valence-electron chi connectivity index (χ0n) is 19.9. The van der Waals surface area contributed by atoms with Crippen molar-refractivity contribution in [1.29, 1.82) is 0 Å². The van der Waals surface area contributed by atoms with Gasteiger partial charge in [-0.2, -0.15) is 0 Å². The number of pyridine rings is 2. The van der Waals surface area contributed by atoms with Crippen molar-refractivity contribution >= 4 is 22.3 Å². The molecule has 6 rings (SSSR count). The van der Waals surface area contributed by atoms with Crippen LogP contribution in [0.2, 0.25) is 0 Å². The second-order valence-electron chi connectivity index (χ2n) is 8.74. The maximum absolute atomic E-state index is 4.94. The van der Waals surface area contributed by atoms with E-state index < -0.39 is 5.41 Å². The van der Waals surface area contributed by atoms with Gasteiger partial charge >= 0.3 is 21.1 Å². The molecule has 10 nitrogen and oxygen atoms in total. The number of nitrogens with zero attached hydrogens (tertiary/aromatic N) is 10. The van der Waals surface area contributed by atoms with Crippen molar-refractivity contribution in [2.24, 2.45) is 0 Å². The van der Waals surface area contributed by atoms with Gasteiger partial charge in [0.2, 0.25) is 0 Å². The summed E-state index contributed by atoms with van der Waals surface area (Å²) in [4.78, 5) is 35.8. The van der Waals surface area contributed by atoms with Crippen LogP contribution in [0.25, 0.3) is 34.0 Å². The Kier molecular flexibility index (Phi) is 5.92. The largest absolute Gasteiger partial charge is 2.00 e. The van der Waals surface area contributed by atoms with Crippen LogP contribution in [0.3, 0.4) is 0 Å². The van der Waals surface area contributed by atoms with E-state index in [2.05, 4.69) is 56.4 Å². The summed E-state index contributed by atoms with van der Waals surface area (Å²) < 4.78 is 3.50. The maximum atomic E-state index is 4.94. The second-order valence-corrected chi connectivity index (χ2v) is 8.74. The Balaban J connectivity index is 0.00000267. The van der Waals surface area contributed by atoms with Gasteiger partial charge in [-0.3, -0.25) is 29.9 Å². The smallest absolute Gasteiger partial charge is 0.396 e. The molecule has 6 aromatic rings. The fourth-order valence-electron chi connectivity index (χ4n) is 4.03. The van der Waals surface area contributed by atoms with E-state index in [0.717, 1.165) is 22.8 Å². The second kappa shape index (κ2) is 8.95. The van der Waals surface area contributed by atoms with E-state index in [1.54, 1.807) is 9.13 Å². The van der Waals surface area contributed by atoms with Gasteiger partial charge in [-0.25, -0.2) is 0 Å². The van der Waals surface area contributed by atoms with Gasteiger partial charge in [0, 0.05) is 63.2 Å². The number of fused-ring (bicyclic) bond motifs is 2. The summed E-state index contributed by atoms with van der Waals surface area (Å²) in [5.41, 5.74) is 5.52. The molecule has 180 valence electrons. The quantitative estimate of drug-likeness (QED) is 0.266.